The minimum absolute atomic E-state index is 0.0949. The van der Waals surface area contributed by atoms with Gasteiger partial charge in [0.15, 0.2) is 0 Å². The highest BCUT2D eigenvalue weighted by Crippen LogP contribution is 2.33. The summed E-state index contributed by atoms with van der Waals surface area (Å²) in [6, 6.07) is 6.51. The van der Waals surface area contributed by atoms with E-state index in [0.717, 1.165) is 11.3 Å². The van der Waals surface area contributed by atoms with Crippen LogP contribution in [0.15, 0.2) is 18.2 Å². The van der Waals surface area contributed by atoms with Gasteiger partial charge in [-0.3, -0.25) is 10.1 Å². The van der Waals surface area contributed by atoms with Crippen molar-refractivity contribution in [3.63, 3.8) is 0 Å². The number of carbonyl (C=O) groups is 1. The van der Waals surface area contributed by atoms with E-state index in [4.69, 9.17) is 0 Å². The van der Waals surface area contributed by atoms with E-state index in [1.165, 1.54) is 31.2 Å². The lowest BCUT2D eigenvalue weighted by Gasteiger charge is -2.17. The fourth-order valence-corrected chi connectivity index (χ4v) is 2.87. The third kappa shape index (κ3) is 1.95. The van der Waals surface area contributed by atoms with Crippen molar-refractivity contribution in [1.29, 1.82) is 0 Å². The van der Waals surface area contributed by atoms with Gasteiger partial charge in [0.1, 0.15) is 6.04 Å². The monoisotopic (exact) mass is 230 g/mol. The number of hydrogen-bond acceptors (Lipinski definition) is 2. The van der Waals surface area contributed by atoms with E-state index < -0.39 is 0 Å². The van der Waals surface area contributed by atoms with Crippen LogP contribution in [0.25, 0.3) is 0 Å². The first-order valence-electron chi connectivity index (χ1n) is 6.41. The summed E-state index contributed by atoms with van der Waals surface area (Å²) in [6.45, 7) is 2.07. The first kappa shape index (κ1) is 10.8. The summed E-state index contributed by atoms with van der Waals surface area (Å²) in [5, 5.41) is 6.45. The molecular formula is C14H18N2O. The average Bonchev–Trinajstić information content (AvgIpc) is 2.90. The molecule has 1 unspecified atom stereocenters. The summed E-state index contributed by atoms with van der Waals surface area (Å²) < 4.78 is 0. The highest BCUT2D eigenvalue weighted by Gasteiger charge is 2.32. The Labute approximate surface area is 102 Å². The summed E-state index contributed by atoms with van der Waals surface area (Å²) >= 11 is 0. The van der Waals surface area contributed by atoms with Gasteiger partial charge in [0.25, 0.3) is 0 Å². The zero-order chi connectivity index (χ0) is 11.8. The van der Waals surface area contributed by atoms with Gasteiger partial charge in [-0.25, -0.2) is 0 Å². The summed E-state index contributed by atoms with van der Waals surface area (Å²) in [6.07, 6.45) is 4.97. The molecule has 1 aliphatic heterocycles. The quantitative estimate of drug-likeness (QED) is 0.819. The first-order chi connectivity index (χ1) is 8.24. The van der Waals surface area contributed by atoms with E-state index in [2.05, 4.69) is 23.6 Å². The van der Waals surface area contributed by atoms with Crippen molar-refractivity contribution in [1.82, 2.24) is 5.32 Å². The zero-order valence-electron chi connectivity index (χ0n) is 10.1. The predicted octanol–water partition coefficient (Wildman–Crippen LogP) is 2.52. The van der Waals surface area contributed by atoms with Crippen LogP contribution >= 0.6 is 0 Å². The first-order valence-corrected chi connectivity index (χ1v) is 6.41. The smallest absolute Gasteiger partial charge is 0.246 e. The summed E-state index contributed by atoms with van der Waals surface area (Å²) in [7, 11) is 0. The van der Waals surface area contributed by atoms with Crippen LogP contribution < -0.4 is 10.6 Å². The number of rotatable bonds is 2. The van der Waals surface area contributed by atoms with Gasteiger partial charge in [-0.15, -0.1) is 0 Å². The molecule has 1 fully saturated rings. The molecule has 2 N–H and O–H groups in total. The summed E-state index contributed by atoms with van der Waals surface area (Å²) in [4.78, 5) is 12.0. The van der Waals surface area contributed by atoms with E-state index >= 15 is 0 Å². The average molecular weight is 230 g/mol. The molecular weight excluding hydrogens is 212 g/mol. The molecule has 3 rings (SSSR count). The third-order valence-electron chi connectivity index (χ3n) is 3.80. The molecule has 1 aromatic rings. The Morgan fingerprint density at radius 2 is 2.06 bits per heavy atom. The van der Waals surface area contributed by atoms with Crippen LogP contribution in [0.3, 0.4) is 0 Å². The minimum atomic E-state index is -0.145. The number of benzene rings is 1. The lowest BCUT2D eigenvalue weighted by atomic mass is 10.0. The molecule has 0 radical (unpaired) electrons. The molecule has 1 aromatic carbocycles. The van der Waals surface area contributed by atoms with Crippen molar-refractivity contribution in [2.24, 2.45) is 0 Å². The lowest BCUT2D eigenvalue weighted by Crippen LogP contribution is -2.34. The molecule has 3 nitrogen and oxygen atoms in total. The van der Waals surface area contributed by atoms with Crippen LogP contribution in [0, 0.1) is 6.92 Å². The fraction of sp³-hybridized carbons (Fsp3) is 0.500. The van der Waals surface area contributed by atoms with Gasteiger partial charge >= 0.3 is 0 Å². The second-order valence-corrected chi connectivity index (χ2v) is 5.16. The Hall–Kier alpha value is -1.35. The maximum absolute atomic E-state index is 12.0. The molecule has 1 heterocycles. The maximum Gasteiger partial charge on any atom is 0.246 e. The number of hydrogen-bond donors (Lipinski definition) is 2. The zero-order valence-corrected chi connectivity index (χ0v) is 10.1. The fourth-order valence-electron chi connectivity index (χ4n) is 2.87. The van der Waals surface area contributed by atoms with Crippen LogP contribution in [0.4, 0.5) is 5.69 Å². The topological polar surface area (TPSA) is 41.1 Å². The molecule has 2 aliphatic rings. The Bertz CT molecular complexity index is 450. The van der Waals surface area contributed by atoms with Crippen molar-refractivity contribution in [3.8, 4) is 0 Å². The van der Waals surface area contributed by atoms with E-state index in [1.54, 1.807) is 0 Å². The highest BCUT2D eigenvalue weighted by atomic mass is 16.2. The third-order valence-corrected chi connectivity index (χ3v) is 3.80. The molecule has 90 valence electrons. The molecule has 17 heavy (non-hydrogen) atoms. The molecule has 0 spiro atoms. The van der Waals surface area contributed by atoms with E-state index in [1.807, 2.05) is 12.1 Å². The lowest BCUT2D eigenvalue weighted by molar-refractivity contribution is -0.117. The molecule has 1 amide bonds. The SMILES string of the molecule is Cc1ccc2c(c1)C(NC1CCCC1)C(=O)N2. The number of amides is 1. The van der Waals surface area contributed by atoms with Gasteiger partial charge in [0.2, 0.25) is 5.91 Å². The highest BCUT2D eigenvalue weighted by molar-refractivity contribution is 6.02. The second kappa shape index (κ2) is 4.15. The van der Waals surface area contributed by atoms with E-state index in [9.17, 15) is 4.79 Å². The van der Waals surface area contributed by atoms with Crippen molar-refractivity contribution >= 4 is 11.6 Å². The van der Waals surface area contributed by atoms with Gasteiger partial charge in [-0.1, -0.05) is 30.5 Å². The molecule has 0 saturated heterocycles. The van der Waals surface area contributed by atoms with Gasteiger partial charge in [0, 0.05) is 17.3 Å². The van der Waals surface area contributed by atoms with Crippen molar-refractivity contribution in [3.05, 3.63) is 29.3 Å². The Kier molecular flexibility index (Phi) is 2.63. The van der Waals surface area contributed by atoms with E-state index in [0.29, 0.717) is 6.04 Å². The molecule has 1 saturated carbocycles. The van der Waals surface area contributed by atoms with Crippen LogP contribution in [-0.2, 0) is 4.79 Å². The van der Waals surface area contributed by atoms with Crippen LogP contribution in [0.2, 0.25) is 0 Å². The largest absolute Gasteiger partial charge is 0.324 e. The molecule has 1 atom stereocenters. The van der Waals surface area contributed by atoms with Gasteiger partial charge in [-0.05, 0) is 25.8 Å². The van der Waals surface area contributed by atoms with Crippen molar-refractivity contribution in [2.45, 2.75) is 44.7 Å². The number of carbonyl (C=O) groups excluding carboxylic acids is 1. The standard InChI is InChI=1S/C14H18N2O/c1-9-6-7-12-11(8-9)13(14(17)16-12)15-10-4-2-3-5-10/h6-8,10,13,15H,2-5H2,1H3,(H,16,17). The van der Waals surface area contributed by atoms with Crippen molar-refractivity contribution in [2.75, 3.05) is 5.32 Å². The predicted molar refractivity (Wildman–Crippen MR) is 67.9 cm³/mol. The van der Waals surface area contributed by atoms with Crippen molar-refractivity contribution < 1.29 is 4.79 Å². The number of aryl methyl sites for hydroxylation is 1. The number of anilines is 1. The van der Waals surface area contributed by atoms with E-state index in [-0.39, 0.29) is 11.9 Å². The second-order valence-electron chi connectivity index (χ2n) is 5.16. The Balaban J connectivity index is 1.85. The van der Waals surface area contributed by atoms with Gasteiger partial charge < -0.3 is 5.32 Å². The minimum Gasteiger partial charge on any atom is -0.324 e. The van der Waals surface area contributed by atoms with Gasteiger partial charge in [0.05, 0.1) is 0 Å². The molecule has 0 bridgehead atoms. The van der Waals surface area contributed by atoms with Crippen LogP contribution in [0.5, 0.6) is 0 Å². The number of nitrogens with one attached hydrogen (secondary N) is 2. The Morgan fingerprint density at radius 1 is 1.29 bits per heavy atom. The maximum atomic E-state index is 12.0. The van der Waals surface area contributed by atoms with Crippen LogP contribution in [-0.4, -0.2) is 11.9 Å². The summed E-state index contributed by atoms with van der Waals surface area (Å²) in [5.74, 6) is 0.0949. The summed E-state index contributed by atoms with van der Waals surface area (Å²) in [5.41, 5.74) is 3.29. The molecule has 0 aromatic heterocycles. The molecule has 1 aliphatic carbocycles. The van der Waals surface area contributed by atoms with Crippen LogP contribution in [0.1, 0.15) is 42.9 Å². The normalized spacial score (nSPS) is 23.8. The Morgan fingerprint density at radius 3 is 2.82 bits per heavy atom. The molecule has 3 heteroatoms. The van der Waals surface area contributed by atoms with Gasteiger partial charge in [-0.2, -0.15) is 0 Å². The number of fused-ring (bicyclic) bond motifs is 1.